The molecule has 2 N–H and O–H groups in total. The first kappa shape index (κ1) is 17.1. The van der Waals surface area contributed by atoms with Crippen molar-refractivity contribution in [2.75, 3.05) is 13.1 Å². The molecule has 1 amide bonds. The fourth-order valence-electron chi connectivity index (χ4n) is 2.81. The number of halogens is 2. The van der Waals surface area contributed by atoms with Gasteiger partial charge in [-0.3, -0.25) is 4.79 Å². The molecule has 0 aliphatic carbocycles. The summed E-state index contributed by atoms with van der Waals surface area (Å²) in [7, 11) is 0. The van der Waals surface area contributed by atoms with Crippen LogP contribution in [0.4, 0.5) is 0 Å². The molecule has 1 aliphatic heterocycles. The summed E-state index contributed by atoms with van der Waals surface area (Å²) in [5.74, 6) is 0.802. The van der Waals surface area contributed by atoms with Gasteiger partial charge in [-0.25, -0.2) is 0 Å². The zero-order valence-corrected chi connectivity index (χ0v) is 14.6. The van der Waals surface area contributed by atoms with E-state index in [1.54, 1.807) is 0 Å². The minimum Gasteiger partial charge on any atom is -0.343 e. The Kier molecular flexibility index (Phi) is 6.35. The summed E-state index contributed by atoms with van der Waals surface area (Å²) in [4.78, 5) is 14.2. The smallest absolute Gasteiger partial charge is 0.222 e. The van der Waals surface area contributed by atoms with E-state index in [1.165, 1.54) is 11.3 Å². The predicted molar refractivity (Wildman–Crippen MR) is 90.2 cm³/mol. The average Bonchev–Trinajstić information content (AvgIpc) is 2.77. The van der Waals surface area contributed by atoms with Gasteiger partial charge in [0.15, 0.2) is 0 Å². The molecule has 0 aromatic carbocycles. The van der Waals surface area contributed by atoms with Crippen LogP contribution >= 0.6 is 34.5 Å². The van der Waals surface area contributed by atoms with Crippen LogP contribution in [0.25, 0.3) is 0 Å². The molecule has 1 fully saturated rings. The van der Waals surface area contributed by atoms with Gasteiger partial charge >= 0.3 is 0 Å². The van der Waals surface area contributed by atoms with Crippen LogP contribution in [0, 0.1) is 5.92 Å². The van der Waals surface area contributed by atoms with Crippen molar-refractivity contribution in [3.63, 3.8) is 0 Å². The normalized spacial score (nSPS) is 18.0. The van der Waals surface area contributed by atoms with Gasteiger partial charge in [-0.1, -0.05) is 23.2 Å². The van der Waals surface area contributed by atoms with Crippen molar-refractivity contribution in [1.82, 2.24) is 4.90 Å². The van der Waals surface area contributed by atoms with E-state index in [2.05, 4.69) is 6.92 Å². The molecular weight excluding hydrogens is 327 g/mol. The summed E-state index contributed by atoms with van der Waals surface area (Å²) in [6.45, 7) is 3.74. The van der Waals surface area contributed by atoms with E-state index in [4.69, 9.17) is 28.9 Å². The molecule has 1 unspecified atom stereocenters. The number of amides is 1. The van der Waals surface area contributed by atoms with Gasteiger partial charge in [0.1, 0.15) is 0 Å². The van der Waals surface area contributed by atoms with E-state index in [0.717, 1.165) is 48.7 Å². The van der Waals surface area contributed by atoms with Gasteiger partial charge in [0.2, 0.25) is 5.91 Å². The Bertz CT molecular complexity index is 482. The first-order chi connectivity index (χ1) is 9.97. The molecule has 2 rings (SSSR count). The summed E-state index contributed by atoms with van der Waals surface area (Å²) >= 11 is 13.4. The maximum Gasteiger partial charge on any atom is 0.222 e. The van der Waals surface area contributed by atoms with Crippen molar-refractivity contribution in [3.8, 4) is 0 Å². The molecule has 0 saturated carbocycles. The molecule has 0 radical (unpaired) electrons. The lowest BCUT2D eigenvalue weighted by molar-refractivity contribution is -0.132. The van der Waals surface area contributed by atoms with Crippen molar-refractivity contribution in [3.05, 3.63) is 20.3 Å². The number of hydrogen-bond donors (Lipinski definition) is 1. The molecule has 118 valence electrons. The van der Waals surface area contributed by atoms with Crippen LogP contribution in [0.3, 0.4) is 0 Å². The standard InChI is InChI=1S/C15H22Cl2N2OS/c1-10(18)11-5-7-19(8-6-11)14(20)4-2-3-12-9-13(16)21-15(12)17/h9-11H,2-8,18H2,1H3. The highest BCUT2D eigenvalue weighted by Crippen LogP contribution is 2.32. The Balaban J connectivity index is 1.72. The van der Waals surface area contributed by atoms with Crippen molar-refractivity contribution < 1.29 is 4.79 Å². The number of aryl methyl sites for hydroxylation is 1. The molecule has 0 spiro atoms. The Morgan fingerprint density at radius 2 is 2.14 bits per heavy atom. The van der Waals surface area contributed by atoms with E-state index in [1.807, 2.05) is 11.0 Å². The summed E-state index contributed by atoms with van der Waals surface area (Å²) in [6, 6.07) is 2.13. The third-order valence-corrected chi connectivity index (χ3v) is 5.77. The Hall–Kier alpha value is -0.290. The molecule has 6 heteroatoms. The van der Waals surface area contributed by atoms with Crippen LogP contribution in [0.2, 0.25) is 8.67 Å². The number of piperidine rings is 1. The summed E-state index contributed by atoms with van der Waals surface area (Å²) < 4.78 is 1.45. The second kappa shape index (κ2) is 7.82. The molecule has 1 atom stereocenters. The van der Waals surface area contributed by atoms with E-state index in [9.17, 15) is 4.79 Å². The van der Waals surface area contributed by atoms with Gasteiger partial charge < -0.3 is 10.6 Å². The van der Waals surface area contributed by atoms with Gasteiger partial charge in [0, 0.05) is 25.6 Å². The number of likely N-dealkylation sites (tertiary alicyclic amines) is 1. The van der Waals surface area contributed by atoms with Gasteiger partial charge in [-0.15, -0.1) is 11.3 Å². The number of hydrogen-bond acceptors (Lipinski definition) is 3. The summed E-state index contributed by atoms with van der Waals surface area (Å²) in [5, 5.41) is 0. The van der Waals surface area contributed by atoms with E-state index >= 15 is 0 Å². The number of carbonyl (C=O) groups excluding carboxylic acids is 1. The van der Waals surface area contributed by atoms with Crippen molar-refractivity contribution in [1.29, 1.82) is 0 Å². The molecule has 1 aliphatic rings. The fraction of sp³-hybridized carbons (Fsp3) is 0.667. The number of rotatable bonds is 5. The minimum atomic E-state index is 0.229. The van der Waals surface area contributed by atoms with Crippen LogP contribution in [-0.2, 0) is 11.2 Å². The number of thiophene rings is 1. The van der Waals surface area contributed by atoms with Crippen molar-refractivity contribution >= 4 is 40.4 Å². The van der Waals surface area contributed by atoms with Crippen molar-refractivity contribution in [2.45, 2.75) is 45.1 Å². The number of nitrogens with zero attached hydrogens (tertiary/aromatic N) is 1. The Morgan fingerprint density at radius 3 is 2.67 bits per heavy atom. The zero-order chi connectivity index (χ0) is 15.4. The first-order valence-electron chi connectivity index (χ1n) is 7.44. The number of nitrogens with two attached hydrogens (primary N) is 1. The molecule has 21 heavy (non-hydrogen) atoms. The van der Waals surface area contributed by atoms with E-state index in [0.29, 0.717) is 16.7 Å². The molecule has 3 nitrogen and oxygen atoms in total. The monoisotopic (exact) mass is 348 g/mol. The van der Waals surface area contributed by atoms with E-state index in [-0.39, 0.29) is 11.9 Å². The zero-order valence-electron chi connectivity index (χ0n) is 12.3. The predicted octanol–water partition coefficient (Wildman–Crippen LogP) is 3.96. The minimum absolute atomic E-state index is 0.229. The second-order valence-corrected chi connectivity index (χ2v) is 8.07. The SMILES string of the molecule is CC(N)C1CCN(C(=O)CCCc2cc(Cl)sc2Cl)CC1. The average molecular weight is 349 g/mol. The topological polar surface area (TPSA) is 46.3 Å². The quantitative estimate of drug-likeness (QED) is 0.874. The summed E-state index contributed by atoms with van der Waals surface area (Å²) in [6.07, 6.45) is 4.25. The van der Waals surface area contributed by atoms with Crippen LogP contribution in [0.15, 0.2) is 6.07 Å². The molecule has 1 aromatic heterocycles. The fourth-order valence-corrected chi connectivity index (χ4v) is 4.35. The van der Waals surface area contributed by atoms with Gasteiger partial charge in [0.05, 0.1) is 8.67 Å². The van der Waals surface area contributed by atoms with Crippen molar-refractivity contribution in [2.24, 2.45) is 11.7 Å². The lowest BCUT2D eigenvalue weighted by Gasteiger charge is -2.33. The third-order valence-electron chi connectivity index (χ3n) is 4.20. The van der Waals surface area contributed by atoms with Crippen LogP contribution in [0.5, 0.6) is 0 Å². The largest absolute Gasteiger partial charge is 0.343 e. The van der Waals surface area contributed by atoms with Gasteiger partial charge in [-0.2, -0.15) is 0 Å². The third kappa shape index (κ3) is 4.85. The van der Waals surface area contributed by atoms with Crippen LogP contribution < -0.4 is 5.73 Å². The lowest BCUT2D eigenvalue weighted by atomic mass is 9.91. The maximum atomic E-state index is 12.2. The Labute approximate surface area is 140 Å². The van der Waals surface area contributed by atoms with Crippen LogP contribution in [-0.4, -0.2) is 29.9 Å². The molecule has 1 aromatic rings. The molecule has 2 heterocycles. The van der Waals surface area contributed by atoms with Gasteiger partial charge in [-0.05, 0) is 50.2 Å². The van der Waals surface area contributed by atoms with Gasteiger partial charge in [0.25, 0.3) is 0 Å². The molecular formula is C15H22Cl2N2OS. The second-order valence-electron chi connectivity index (χ2n) is 5.78. The van der Waals surface area contributed by atoms with Crippen LogP contribution in [0.1, 0.15) is 38.2 Å². The maximum absolute atomic E-state index is 12.2. The summed E-state index contributed by atoms with van der Waals surface area (Å²) in [5.41, 5.74) is 6.97. The van der Waals surface area contributed by atoms with E-state index < -0.39 is 0 Å². The first-order valence-corrected chi connectivity index (χ1v) is 9.01. The highest BCUT2D eigenvalue weighted by atomic mass is 35.5. The highest BCUT2D eigenvalue weighted by molar-refractivity contribution is 7.20. The Morgan fingerprint density at radius 1 is 1.48 bits per heavy atom. The molecule has 1 saturated heterocycles. The lowest BCUT2D eigenvalue weighted by Crippen LogP contribution is -2.42. The highest BCUT2D eigenvalue weighted by Gasteiger charge is 2.24. The number of carbonyl (C=O) groups is 1. The molecule has 0 bridgehead atoms.